The first-order valence-corrected chi connectivity index (χ1v) is 5.84. The van der Waals surface area contributed by atoms with E-state index in [9.17, 15) is 4.57 Å². The molecule has 0 radical (unpaired) electrons. The number of hydrogen-bond acceptors (Lipinski definition) is 3. The van der Waals surface area contributed by atoms with Gasteiger partial charge in [0.05, 0.1) is 5.88 Å². The van der Waals surface area contributed by atoms with Crippen molar-refractivity contribution in [2.75, 3.05) is 7.11 Å². The Morgan fingerprint density at radius 1 is 1.50 bits per heavy atom. The summed E-state index contributed by atoms with van der Waals surface area (Å²) in [7, 11) is -2.89. The van der Waals surface area contributed by atoms with Gasteiger partial charge >= 0.3 is 7.82 Å². The molecule has 0 spiro atoms. The Labute approximate surface area is 87.0 Å². The van der Waals surface area contributed by atoms with Crippen molar-refractivity contribution in [2.24, 2.45) is 0 Å². The summed E-state index contributed by atoms with van der Waals surface area (Å²) in [4.78, 5) is 9.06. The van der Waals surface area contributed by atoms with Crippen molar-refractivity contribution in [2.45, 2.75) is 5.88 Å². The van der Waals surface area contributed by atoms with E-state index in [0.717, 1.165) is 7.11 Å². The van der Waals surface area contributed by atoms with Gasteiger partial charge in [-0.3, -0.25) is 9.42 Å². The van der Waals surface area contributed by atoms with E-state index >= 15 is 0 Å². The minimum absolute atomic E-state index is 0.208. The summed E-state index contributed by atoms with van der Waals surface area (Å²) in [5.41, 5.74) is 0.639. The molecule has 0 aliphatic heterocycles. The topological polar surface area (TPSA) is 55.8 Å². The number of phosphoric ester groups is 1. The second-order valence-corrected chi connectivity index (χ2v) is 4.24. The largest absolute Gasteiger partial charge is 0.527 e. The molecular formula is C8H10ClO4P. The Bertz CT molecular complexity index is 355. The molecule has 0 fully saturated rings. The average molecular weight is 237 g/mol. The molecule has 1 rings (SSSR count). The van der Waals surface area contributed by atoms with Crippen LogP contribution >= 0.6 is 19.4 Å². The predicted octanol–water partition coefficient (Wildman–Crippen LogP) is 2.55. The maximum absolute atomic E-state index is 11.1. The standard InChI is InChI=1S/C8H10ClO4P/c1-12-14(10,11)13-8-5-3-2-4-7(8)6-9/h2-5H,6H2,1H3,(H,10,11). The van der Waals surface area contributed by atoms with Crippen molar-refractivity contribution in [1.29, 1.82) is 0 Å². The molecule has 1 aromatic carbocycles. The van der Waals surface area contributed by atoms with Gasteiger partial charge in [0.2, 0.25) is 0 Å². The van der Waals surface area contributed by atoms with Gasteiger partial charge in [0.1, 0.15) is 5.75 Å². The Morgan fingerprint density at radius 3 is 2.71 bits per heavy atom. The van der Waals surface area contributed by atoms with Crippen molar-refractivity contribution in [3.05, 3.63) is 29.8 Å². The molecule has 0 saturated heterocycles. The second-order valence-electron chi connectivity index (χ2n) is 2.48. The summed E-state index contributed by atoms with van der Waals surface area (Å²) in [5.74, 6) is 0.468. The van der Waals surface area contributed by atoms with Crippen LogP contribution in [0.15, 0.2) is 24.3 Å². The molecular weight excluding hydrogens is 227 g/mol. The quantitative estimate of drug-likeness (QED) is 0.645. The van der Waals surface area contributed by atoms with Crippen molar-refractivity contribution < 1.29 is 18.5 Å². The average Bonchev–Trinajstić information content (AvgIpc) is 2.18. The molecule has 0 aliphatic rings. The van der Waals surface area contributed by atoms with Crippen LogP contribution in [-0.2, 0) is 15.0 Å². The van der Waals surface area contributed by atoms with E-state index in [2.05, 4.69) is 4.52 Å². The zero-order chi connectivity index (χ0) is 10.6. The number of hydrogen-bond donors (Lipinski definition) is 1. The molecule has 0 heterocycles. The third-order valence-electron chi connectivity index (χ3n) is 1.56. The van der Waals surface area contributed by atoms with Crippen LogP contribution in [0.2, 0.25) is 0 Å². The highest BCUT2D eigenvalue weighted by molar-refractivity contribution is 7.47. The number of para-hydroxylation sites is 1. The number of benzene rings is 1. The lowest BCUT2D eigenvalue weighted by molar-refractivity contribution is 0.242. The van der Waals surface area contributed by atoms with Gasteiger partial charge in [0.15, 0.2) is 0 Å². The van der Waals surface area contributed by atoms with Gasteiger partial charge in [-0.15, -0.1) is 11.6 Å². The Balaban J connectivity index is 2.91. The van der Waals surface area contributed by atoms with Crippen LogP contribution in [0.5, 0.6) is 5.75 Å². The van der Waals surface area contributed by atoms with Gasteiger partial charge in [0.25, 0.3) is 0 Å². The molecule has 0 aromatic heterocycles. The zero-order valence-corrected chi connectivity index (χ0v) is 9.16. The lowest BCUT2D eigenvalue weighted by atomic mass is 10.2. The highest BCUT2D eigenvalue weighted by atomic mass is 35.5. The molecule has 0 bridgehead atoms. The highest BCUT2D eigenvalue weighted by Crippen LogP contribution is 2.43. The monoisotopic (exact) mass is 236 g/mol. The van der Waals surface area contributed by atoms with E-state index in [1.807, 2.05) is 0 Å². The first kappa shape index (κ1) is 11.5. The number of rotatable bonds is 4. The van der Waals surface area contributed by atoms with Crippen LogP contribution in [0.25, 0.3) is 0 Å². The van der Waals surface area contributed by atoms with Crippen LogP contribution in [0, 0.1) is 0 Å². The van der Waals surface area contributed by atoms with E-state index in [0.29, 0.717) is 5.56 Å². The summed E-state index contributed by atoms with van der Waals surface area (Å²) < 4.78 is 20.2. The SMILES string of the molecule is COP(=O)(O)Oc1ccccc1CCl. The van der Waals surface area contributed by atoms with Crippen molar-refractivity contribution in [1.82, 2.24) is 0 Å². The molecule has 1 unspecified atom stereocenters. The second kappa shape index (κ2) is 4.80. The lowest BCUT2D eigenvalue weighted by Crippen LogP contribution is -1.96. The fraction of sp³-hybridized carbons (Fsp3) is 0.250. The third kappa shape index (κ3) is 3.00. The third-order valence-corrected chi connectivity index (χ3v) is 2.74. The molecule has 14 heavy (non-hydrogen) atoms. The van der Waals surface area contributed by atoms with Gasteiger partial charge in [-0.05, 0) is 6.07 Å². The van der Waals surface area contributed by atoms with Crippen LogP contribution in [0.4, 0.5) is 0 Å². The summed E-state index contributed by atoms with van der Waals surface area (Å²) in [6, 6.07) is 6.71. The zero-order valence-electron chi connectivity index (χ0n) is 7.51. The molecule has 78 valence electrons. The Hall–Kier alpha value is -0.540. The Morgan fingerprint density at radius 2 is 2.14 bits per heavy atom. The molecule has 1 atom stereocenters. The van der Waals surface area contributed by atoms with Gasteiger partial charge in [-0.2, -0.15) is 0 Å². The number of phosphoric acid groups is 1. The van der Waals surface area contributed by atoms with Crippen molar-refractivity contribution in [3.63, 3.8) is 0 Å². The normalized spacial score (nSPS) is 14.8. The van der Waals surface area contributed by atoms with E-state index in [1.165, 1.54) is 0 Å². The molecule has 1 aromatic rings. The minimum Gasteiger partial charge on any atom is -0.404 e. The molecule has 1 N–H and O–H groups in total. The lowest BCUT2D eigenvalue weighted by Gasteiger charge is -2.12. The smallest absolute Gasteiger partial charge is 0.404 e. The van der Waals surface area contributed by atoms with Crippen LogP contribution in [0.1, 0.15) is 5.56 Å². The first-order chi connectivity index (χ1) is 6.59. The van der Waals surface area contributed by atoms with Crippen LogP contribution < -0.4 is 4.52 Å². The van der Waals surface area contributed by atoms with E-state index < -0.39 is 7.82 Å². The highest BCUT2D eigenvalue weighted by Gasteiger charge is 2.21. The van der Waals surface area contributed by atoms with Gasteiger partial charge in [-0.25, -0.2) is 4.57 Å². The fourth-order valence-electron chi connectivity index (χ4n) is 0.865. The summed E-state index contributed by atoms with van der Waals surface area (Å²) in [6.07, 6.45) is 0. The molecule has 4 nitrogen and oxygen atoms in total. The van der Waals surface area contributed by atoms with Crippen molar-refractivity contribution >= 4 is 19.4 Å². The maximum atomic E-state index is 11.1. The van der Waals surface area contributed by atoms with Crippen LogP contribution in [0.3, 0.4) is 0 Å². The molecule has 0 saturated carbocycles. The van der Waals surface area contributed by atoms with E-state index in [-0.39, 0.29) is 11.6 Å². The number of halogens is 1. The molecule has 0 amide bonds. The van der Waals surface area contributed by atoms with Gasteiger partial charge in [-0.1, -0.05) is 18.2 Å². The molecule has 0 aliphatic carbocycles. The maximum Gasteiger partial charge on any atom is 0.527 e. The summed E-state index contributed by atoms with van der Waals surface area (Å²) >= 11 is 5.61. The Kier molecular flexibility index (Phi) is 3.96. The fourth-order valence-corrected chi connectivity index (χ4v) is 1.59. The van der Waals surface area contributed by atoms with E-state index in [1.54, 1.807) is 24.3 Å². The molecule has 6 heteroatoms. The first-order valence-electron chi connectivity index (χ1n) is 3.81. The van der Waals surface area contributed by atoms with Crippen molar-refractivity contribution in [3.8, 4) is 5.75 Å². The minimum atomic E-state index is -3.99. The summed E-state index contributed by atoms with van der Waals surface area (Å²) in [6.45, 7) is 0. The van der Waals surface area contributed by atoms with Crippen LogP contribution in [-0.4, -0.2) is 12.0 Å². The number of alkyl halides is 1. The van der Waals surface area contributed by atoms with Gasteiger partial charge in [0, 0.05) is 12.7 Å². The van der Waals surface area contributed by atoms with Gasteiger partial charge < -0.3 is 4.52 Å². The predicted molar refractivity (Wildman–Crippen MR) is 53.5 cm³/mol. The summed E-state index contributed by atoms with van der Waals surface area (Å²) in [5, 5.41) is 0. The van der Waals surface area contributed by atoms with E-state index in [4.69, 9.17) is 21.0 Å².